The summed E-state index contributed by atoms with van der Waals surface area (Å²) in [5.74, 6) is 3.07. The topological polar surface area (TPSA) is 41.9 Å². The van der Waals surface area contributed by atoms with Crippen molar-refractivity contribution in [2.45, 2.75) is 5.75 Å². The van der Waals surface area contributed by atoms with Crippen molar-refractivity contribution in [3.63, 3.8) is 0 Å². The van der Waals surface area contributed by atoms with Gasteiger partial charge in [0.25, 0.3) is 0 Å². The molecule has 1 rings (SSSR count). The van der Waals surface area contributed by atoms with Gasteiger partial charge < -0.3 is 15.2 Å². The van der Waals surface area contributed by atoms with Crippen LogP contribution in [-0.2, 0) is 12.8 Å². The summed E-state index contributed by atoms with van der Waals surface area (Å²) < 4.78 is 2.04. The Morgan fingerprint density at radius 1 is 1.67 bits per heavy atom. The largest absolute Gasteiger partial charge is 0.366 e. The first kappa shape index (κ1) is 12.3. The first-order valence-electron chi connectivity index (χ1n) is 4.73. The van der Waals surface area contributed by atoms with Crippen molar-refractivity contribution < 1.29 is 0 Å². The van der Waals surface area contributed by atoms with Gasteiger partial charge in [-0.1, -0.05) is 0 Å². The lowest BCUT2D eigenvalue weighted by Gasteiger charge is -2.06. The zero-order chi connectivity index (χ0) is 11.1. The van der Waals surface area contributed by atoms with Gasteiger partial charge >= 0.3 is 0 Å². The third-order valence-corrected chi connectivity index (χ3v) is 3.21. The predicted molar refractivity (Wildman–Crippen MR) is 69.0 cm³/mol. The molecule has 0 saturated heterocycles. The van der Waals surface area contributed by atoms with Crippen LogP contribution in [0, 0.1) is 0 Å². The highest BCUT2D eigenvalue weighted by atomic mass is 32.2. The molecule has 0 atom stereocenters. The molecular weight excluding hydrogens is 228 g/mol. The lowest BCUT2D eigenvalue weighted by molar-refractivity contribution is 0.848. The van der Waals surface area contributed by atoms with Crippen molar-refractivity contribution in [1.29, 1.82) is 0 Å². The van der Waals surface area contributed by atoms with Gasteiger partial charge in [0.05, 0.1) is 5.75 Å². The Labute approximate surface area is 99.8 Å². The third-order valence-electron chi connectivity index (χ3n) is 1.91. The molecule has 0 radical (unpaired) electrons. The smallest absolute Gasteiger partial charge is 0.166 e. The zero-order valence-electron chi connectivity index (χ0n) is 8.99. The molecule has 0 fully saturated rings. The van der Waals surface area contributed by atoms with E-state index in [0.717, 1.165) is 23.9 Å². The number of thioether (sulfide) groups is 1. The second-order valence-corrected chi connectivity index (χ2v) is 4.53. The Balaban J connectivity index is 2.07. The lowest BCUT2D eigenvalue weighted by atomic mass is 10.7. The third kappa shape index (κ3) is 4.53. The zero-order valence-corrected chi connectivity index (χ0v) is 10.6. The molecule has 4 nitrogen and oxygen atoms in total. The highest BCUT2D eigenvalue weighted by molar-refractivity contribution is 7.98. The standard InChI is InChI=1S/C9H16N4S2/c1-10-9(14)12-4-6-15-7-8-11-3-5-13(8)2/h3,5H,4,6-7H2,1-2H3,(H2,10,12,14). The van der Waals surface area contributed by atoms with Crippen LogP contribution in [0.1, 0.15) is 5.82 Å². The molecule has 0 aliphatic rings. The molecular formula is C9H16N4S2. The normalized spacial score (nSPS) is 10.0. The maximum Gasteiger partial charge on any atom is 0.166 e. The maximum atomic E-state index is 4.96. The molecule has 0 saturated carbocycles. The molecule has 6 heteroatoms. The highest BCUT2D eigenvalue weighted by Crippen LogP contribution is 2.08. The molecule has 2 N–H and O–H groups in total. The van der Waals surface area contributed by atoms with E-state index in [1.807, 2.05) is 42.8 Å². The summed E-state index contributed by atoms with van der Waals surface area (Å²) in [5, 5.41) is 6.67. The molecule has 0 spiro atoms. The van der Waals surface area contributed by atoms with Crippen molar-refractivity contribution in [3.05, 3.63) is 18.2 Å². The Kier molecular flexibility index (Phi) is 5.49. The summed E-state index contributed by atoms with van der Waals surface area (Å²) >= 11 is 6.80. The molecule has 1 heterocycles. The van der Waals surface area contributed by atoms with E-state index in [-0.39, 0.29) is 0 Å². The minimum Gasteiger partial charge on any atom is -0.366 e. The average Bonchev–Trinajstić information content (AvgIpc) is 2.63. The minimum atomic E-state index is 0.701. The van der Waals surface area contributed by atoms with Gasteiger partial charge in [0.15, 0.2) is 5.11 Å². The van der Waals surface area contributed by atoms with E-state index >= 15 is 0 Å². The van der Waals surface area contributed by atoms with Crippen molar-refractivity contribution in [2.24, 2.45) is 7.05 Å². The summed E-state index contributed by atoms with van der Waals surface area (Å²) in [6.07, 6.45) is 3.79. The number of rotatable bonds is 5. The summed E-state index contributed by atoms with van der Waals surface area (Å²) in [6, 6.07) is 0. The first-order valence-corrected chi connectivity index (χ1v) is 6.30. The summed E-state index contributed by atoms with van der Waals surface area (Å²) in [6.45, 7) is 0.884. The number of nitrogens with zero attached hydrogens (tertiary/aromatic N) is 2. The Morgan fingerprint density at radius 3 is 3.07 bits per heavy atom. The fourth-order valence-corrected chi connectivity index (χ4v) is 1.98. The van der Waals surface area contributed by atoms with Crippen LogP contribution >= 0.6 is 24.0 Å². The number of aryl methyl sites for hydroxylation is 1. The van der Waals surface area contributed by atoms with E-state index in [1.54, 1.807) is 0 Å². The van der Waals surface area contributed by atoms with Crippen LogP contribution in [0.15, 0.2) is 12.4 Å². The Hall–Kier alpha value is -0.750. The van der Waals surface area contributed by atoms with E-state index in [2.05, 4.69) is 15.6 Å². The molecule has 1 aromatic heterocycles. The van der Waals surface area contributed by atoms with Gasteiger partial charge in [0.1, 0.15) is 5.82 Å². The van der Waals surface area contributed by atoms with Crippen LogP contribution in [0.3, 0.4) is 0 Å². The van der Waals surface area contributed by atoms with Gasteiger partial charge in [-0.05, 0) is 12.2 Å². The van der Waals surface area contributed by atoms with Crippen LogP contribution in [0.25, 0.3) is 0 Å². The van der Waals surface area contributed by atoms with Crippen LogP contribution in [-0.4, -0.2) is 34.0 Å². The summed E-state index contributed by atoms with van der Waals surface area (Å²) in [5.41, 5.74) is 0. The number of hydrogen-bond acceptors (Lipinski definition) is 3. The second kappa shape index (κ2) is 6.68. The number of imidazole rings is 1. The second-order valence-electron chi connectivity index (χ2n) is 3.01. The first-order chi connectivity index (χ1) is 7.24. The molecule has 0 aromatic carbocycles. The van der Waals surface area contributed by atoms with Crippen LogP contribution < -0.4 is 10.6 Å². The molecule has 15 heavy (non-hydrogen) atoms. The number of nitrogens with one attached hydrogen (secondary N) is 2. The number of hydrogen-bond donors (Lipinski definition) is 2. The molecule has 0 aliphatic carbocycles. The van der Waals surface area contributed by atoms with Gasteiger partial charge in [-0.3, -0.25) is 0 Å². The SMILES string of the molecule is CNC(=S)NCCSCc1nccn1C. The van der Waals surface area contributed by atoms with E-state index < -0.39 is 0 Å². The summed E-state index contributed by atoms with van der Waals surface area (Å²) in [7, 11) is 3.83. The quantitative estimate of drug-likeness (QED) is 0.591. The van der Waals surface area contributed by atoms with Crippen molar-refractivity contribution in [3.8, 4) is 0 Å². The fraction of sp³-hybridized carbons (Fsp3) is 0.556. The lowest BCUT2D eigenvalue weighted by Crippen LogP contribution is -2.33. The van der Waals surface area contributed by atoms with Gasteiger partial charge in [-0.25, -0.2) is 4.98 Å². The van der Waals surface area contributed by atoms with E-state index in [9.17, 15) is 0 Å². The highest BCUT2D eigenvalue weighted by Gasteiger charge is 1.98. The fourth-order valence-electron chi connectivity index (χ4n) is 1.02. The van der Waals surface area contributed by atoms with Crippen LogP contribution in [0.5, 0.6) is 0 Å². The molecule has 0 bridgehead atoms. The number of aromatic nitrogens is 2. The molecule has 84 valence electrons. The van der Waals surface area contributed by atoms with Gasteiger partial charge in [0.2, 0.25) is 0 Å². The predicted octanol–water partition coefficient (Wildman–Crippen LogP) is 0.747. The van der Waals surface area contributed by atoms with E-state index in [4.69, 9.17) is 12.2 Å². The molecule has 0 unspecified atom stereocenters. The van der Waals surface area contributed by atoms with Crippen molar-refractivity contribution >= 4 is 29.1 Å². The van der Waals surface area contributed by atoms with Crippen molar-refractivity contribution in [2.75, 3.05) is 19.3 Å². The monoisotopic (exact) mass is 244 g/mol. The minimum absolute atomic E-state index is 0.701. The van der Waals surface area contributed by atoms with Gasteiger partial charge in [-0.2, -0.15) is 11.8 Å². The number of thiocarbonyl (C=S) groups is 1. The summed E-state index contributed by atoms with van der Waals surface area (Å²) in [4.78, 5) is 4.25. The molecule has 0 aliphatic heterocycles. The van der Waals surface area contributed by atoms with Gasteiger partial charge in [-0.15, -0.1) is 0 Å². The van der Waals surface area contributed by atoms with Gasteiger partial charge in [0, 0.05) is 38.8 Å². The van der Waals surface area contributed by atoms with Crippen LogP contribution in [0.4, 0.5) is 0 Å². The maximum absolute atomic E-state index is 4.96. The molecule has 0 amide bonds. The Bertz CT molecular complexity index is 311. The average molecular weight is 244 g/mol. The molecule has 1 aromatic rings. The van der Waals surface area contributed by atoms with E-state index in [1.165, 1.54) is 0 Å². The van der Waals surface area contributed by atoms with E-state index in [0.29, 0.717) is 5.11 Å². The van der Waals surface area contributed by atoms with Crippen LogP contribution in [0.2, 0.25) is 0 Å². The van der Waals surface area contributed by atoms with Crippen molar-refractivity contribution in [1.82, 2.24) is 20.2 Å². The Morgan fingerprint density at radius 2 is 2.47 bits per heavy atom.